The van der Waals surface area contributed by atoms with Gasteiger partial charge in [-0.3, -0.25) is 14.6 Å². The van der Waals surface area contributed by atoms with Crippen molar-refractivity contribution in [2.24, 2.45) is 5.92 Å². The van der Waals surface area contributed by atoms with E-state index in [1.165, 1.54) is 17.0 Å². The monoisotopic (exact) mass is 617 g/mol. The van der Waals surface area contributed by atoms with Crippen molar-refractivity contribution < 1.29 is 42.9 Å². The smallest absolute Gasteiger partial charge is 0.408 e. The number of carboxylic acid groups (broad SMARTS) is 1. The van der Waals surface area contributed by atoms with Crippen molar-refractivity contribution in [3.05, 3.63) is 42.0 Å². The standard InChI is InChI=1S/C30H40FN5O8/c1-29(2,3)44-28(42)34-22-10-8-6-4-5-7-9-18-14-30(18,26(39)40)35-24(37)23-13-21(17-36(23)25(22)38)43-27(41)33-16-20-12-11-19(31)15-32-20/h7,9,11-12,15,18,21-23H,4-6,8,10,13-14,16-17H2,1-3H3,(H,33,41)(H,34,42)(H,35,37)(H,39,40)/b9-7-/t18-,21+,22-,23-,30-/m0/s1. The van der Waals surface area contributed by atoms with Gasteiger partial charge in [0.05, 0.1) is 25.0 Å². The predicted octanol–water partition coefficient (Wildman–Crippen LogP) is 2.79. The Kier molecular flexibility index (Phi) is 10.1. The zero-order valence-corrected chi connectivity index (χ0v) is 25.1. The van der Waals surface area contributed by atoms with Gasteiger partial charge in [0.1, 0.15) is 35.1 Å². The number of nitrogens with zero attached hydrogens (tertiary/aromatic N) is 2. The number of nitrogens with one attached hydrogen (secondary N) is 3. The van der Waals surface area contributed by atoms with Crippen LogP contribution in [0.5, 0.6) is 0 Å². The molecule has 5 atom stereocenters. The average molecular weight is 618 g/mol. The van der Waals surface area contributed by atoms with Crippen LogP contribution in [0.4, 0.5) is 14.0 Å². The minimum atomic E-state index is -1.49. The molecule has 1 aliphatic carbocycles. The lowest BCUT2D eigenvalue weighted by Gasteiger charge is -2.30. The number of carbonyl (C=O) groups is 5. The molecule has 13 nitrogen and oxygen atoms in total. The maximum absolute atomic E-state index is 13.9. The summed E-state index contributed by atoms with van der Waals surface area (Å²) in [4.78, 5) is 70.2. The molecule has 0 bridgehead atoms. The second-order valence-electron chi connectivity index (χ2n) is 12.4. The molecule has 1 saturated carbocycles. The van der Waals surface area contributed by atoms with Crippen molar-refractivity contribution in [1.29, 1.82) is 0 Å². The molecule has 4 N–H and O–H groups in total. The van der Waals surface area contributed by atoms with Crippen LogP contribution in [0.1, 0.15) is 71.4 Å². The second-order valence-corrected chi connectivity index (χ2v) is 12.4. The van der Waals surface area contributed by atoms with E-state index in [1.54, 1.807) is 20.8 Å². The average Bonchev–Trinajstić information content (AvgIpc) is 3.48. The Balaban J connectivity index is 1.53. The van der Waals surface area contributed by atoms with Gasteiger partial charge in [0.15, 0.2) is 0 Å². The van der Waals surface area contributed by atoms with Gasteiger partial charge in [-0.05, 0) is 58.6 Å². The summed E-state index contributed by atoms with van der Waals surface area (Å²) >= 11 is 0. The highest BCUT2D eigenvalue weighted by Crippen LogP contribution is 2.45. The van der Waals surface area contributed by atoms with Crippen LogP contribution >= 0.6 is 0 Å². The van der Waals surface area contributed by atoms with Crippen molar-refractivity contribution in [3.8, 4) is 0 Å². The first kappa shape index (κ1) is 32.7. The van der Waals surface area contributed by atoms with E-state index in [-0.39, 0.29) is 38.3 Å². The van der Waals surface area contributed by atoms with Gasteiger partial charge in [0.25, 0.3) is 0 Å². The van der Waals surface area contributed by atoms with Gasteiger partial charge in [0.2, 0.25) is 11.8 Å². The van der Waals surface area contributed by atoms with Crippen LogP contribution in [-0.2, 0) is 30.4 Å². The van der Waals surface area contributed by atoms with Crippen LogP contribution in [0.15, 0.2) is 30.5 Å². The number of halogens is 1. The summed E-state index contributed by atoms with van der Waals surface area (Å²) < 4.78 is 24.0. The quantitative estimate of drug-likeness (QED) is 0.362. The van der Waals surface area contributed by atoms with Crippen LogP contribution < -0.4 is 16.0 Å². The fourth-order valence-electron chi connectivity index (χ4n) is 5.46. The molecule has 3 heterocycles. The van der Waals surface area contributed by atoms with E-state index < -0.39 is 65.1 Å². The molecule has 1 saturated heterocycles. The van der Waals surface area contributed by atoms with Gasteiger partial charge < -0.3 is 35.4 Å². The van der Waals surface area contributed by atoms with Crippen LogP contribution in [0, 0.1) is 11.7 Å². The molecule has 44 heavy (non-hydrogen) atoms. The maximum Gasteiger partial charge on any atom is 0.408 e. The number of carbonyl (C=O) groups excluding carboxylic acids is 4. The second kappa shape index (κ2) is 13.6. The first-order valence-electron chi connectivity index (χ1n) is 14.8. The number of allylic oxidation sites excluding steroid dienone is 1. The van der Waals surface area contributed by atoms with E-state index in [0.29, 0.717) is 18.5 Å². The lowest BCUT2D eigenvalue weighted by molar-refractivity contribution is -0.145. The number of hydrogen-bond acceptors (Lipinski definition) is 8. The molecular weight excluding hydrogens is 577 g/mol. The highest BCUT2D eigenvalue weighted by Gasteiger charge is 2.61. The molecule has 0 spiro atoms. The summed E-state index contributed by atoms with van der Waals surface area (Å²) in [5.74, 6) is -3.34. The minimum absolute atomic E-state index is 0.0453. The molecule has 4 rings (SSSR count). The molecule has 2 aliphatic heterocycles. The molecule has 14 heteroatoms. The molecule has 0 aromatic carbocycles. The molecule has 1 aromatic heterocycles. The Morgan fingerprint density at radius 1 is 1.18 bits per heavy atom. The Labute approximate surface area is 254 Å². The van der Waals surface area contributed by atoms with Gasteiger partial charge in [-0.1, -0.05) is 25.0 Å². The normalized spacial score (nSPS) is 28.2. The summed E-state index contributed by atoms with van der Waals surface area (Å²) in [6.07, 6.45) is 5.49. The number of aromatic nitrogens is 1. The number of rotatable bonds is 5. The Hall–Kier alpha value is -4.23. The van der Waals surface area contributed by atoms with Gasteiger partial charge in [-0.2, -0.15) is 0 Å². The fourth-order valence-corrected chi connectivity index (χ4v) is 5.46. The molecule has 4 amide bonds. The Morgan fingerprint density at radius 2 is 1.95 bits per heavy atom. The molecule has 2 fully saturated rings. The molecule has 0 unspecified atom stereocenters. The van der Waals surface area contributed by atoms with Crippen LogP contribution in [0.25, 0.3) is 0 Å². The summed E-state index contributed by atoms with van der Waals surface area (Å²) in [5, 5.41) is 17.8. The lowest BCUT2D eigenvalue weighted by Crippen LogP contribution is -2.56. The van der Waals surface area contributed by atoms with E-state index in [0.717, 1.165) is 19.0 Å². The summed E-state index contributed by atoms with van der Waals surface area (Å²) in [5.41, 5.74) is -1.91. The Morgan fingerprint density at radius 3 is 2.64 bits per heavy atom. The van der Waals surface area contributed by atoms with E-state index in [1.807, 2.05) is 12.2 Å². The summed E-state index contributed by atoms with van der Waals surface area (Å²) in [6.45, 7) is 4.89. The first-order chi connectivity index (χ1) is 20.8. The SMILES string of the molecule is CC(C)(C)OC(=O)N[C@H]1CCCCC/C=C\[C@H]2C[C@]2(C(=O)O)NC(=O)[C@@H]2C[C@@H](OC(=O)NCc3ccc(F)cn3)CN2C1=O. The van der Waals surface area contributed by atoms with E-state index in [2.05, 4.69) is 20.9 Å². The third-order valence-electron chi connectivity index (χ3n) is 7.79. The number of hydrogen-bond donors (Lipinski definition) is 4. The number of aliphatic carboxylic acids is 1. The third kappa shape index (κ3) is 8.44. The summed E-state index contributed by atoms with van der Waals surface area (Å²) in [7, 11) is 0. The zero-order valence-electron chi connectivity index (χ0n) is 25.1. The molecule has 1 aromatic rings. The predicted molar refractivity (Wildman–Crippen MR) is 153 cm³/mol. The fraction of sp³-hybridized carbons (Fsp3) is 0.600. The van der Waals surface area contributed by atoms with Crippen molar-refractivity contribution in [2.45, 2.75) is 102 Å². The lowest BCUT2D eigenvalue weighted by atomic mass is 10.0. The number of pyridine rings is 1. The highest BCUT2D eigenvalue weighted by atomic mass is 19.1. The largest absolute Gasteiger partial charge is 0.479 e. The maximum atomic E-state index is 13.9. The van der Waals surface area contributed by atoms with Crippen molar-refractivity contribution in [3.63, 3.8) is 0 Å². The molecule has 3 aliphatic rings. The third-order valence-corrected chi connectivity index (χ3v) is 7.79. The number of amides is 4. The van der Waals surface area contributed by atoms with Gasteiger partial charge in [-0.25, -0.2) is 18.8 Å². The van der Waals surface area contributed by atoms with Crippen molar-refractivity contribution in [1.82, 2.24) is 25.8 Å². The number of ether oxygens (including phenoxy) is 2. The molecule has 0 radical (unpaired) electrons. The van der Waals surface area contributed by atoms with E-state index in [4.69, 9.17) is 9.47 Å². The van der Waals surface area contributed by atoms with E-state index >= 15 is 0 Å². The number of carboxylic acids is 1. The zero-order chi connectivity index (χ0) is 32.1. The van der Waals surface area contributed by atoms with Crippen LogP contribution in [-0.4, -0.2) is 80.8 Å². The van der Waals surface area contributed by atoms with Gasteiger partial charge in [0, 0.05) is 12.3 Å². The van der Waals surface area contributed by atoms with Gasteiger partial charge >= 0.3 is 18.2 Å². The first-order valence-corrected chi connectivity index (χ1v) is 14.8. The topological polar surface area (TPSA) is 176 Å². The van der Waals surface area contributed by atoms with Crippen molar-refractivity contribution in [2.75, 3.05) is 6.54 Å². The summed E-state index contributed by atoms with van der Waals surface area (Å²) in [6, 6.07) is 0.420. The number of alkyl carbamates (subject to hydrolysis) is 2. The number of fused-ring (bicyclic) bond motifs is 2. The van der Waals surface area contributed by atoms with Crippen LogP contribution in [0.3, 0.4) is 0 Å². The Bertz CT molecular complexity index is 1280. The highest BCUT2D eigenvalue weighted by molar-refractivity contribution is 5.96. The minimum Gasteiger partial charge on any atom is -0.479 e. The van der Waals surface area contributed by atoms with Gasteiger partial charge in [-0.15, -0.1) is 0 Å². The van der Waals surface area contributed by atoms with Crippen LogP contribution in [0.2, 0.25) is 0 Å². The van der Waals surface area contributed by atoms with Crippen molar-refractivity contribution >= 4 is 30.0 Å². The molecular formula is C30H40FN5O8. The molecule has 240 valence electrons. The van der Waals surface area contributed by atoms with E-state index in [9.17, 15) is 33.5 Å².